The van der Waals surface area contributed by atoms with Crippen LogP contribution in [0.25, 0.3) is 22.2 Å². The Hall–Kier alpha value is -3.27. The molecule has 4 heteroatoms. The first-order valence-electron chi connectivity index (χ1n) is 7.53. The predicted molar refractivity (Wildman–Crippen MR) is 91.4 cm³/mol. The second-order valence-corrected chi connectivity index (χ2v) is 5.32. The number of hydrogen-bond acceptors (Lipinski definition) is 3. The SMILES string of the molecule is Fc1ccc(Oc2cccc(-c3ncnc4ccccc34)c2)cc1. The van der Waals surface area contributed by atoms with E-state index in [4.69, 9.17) is 4.74 Å². The Morgan fingerprint density at radius 3 is 2.46 bits per heavy atom. The van der Waals surface area contributed by atoms with Gasteiger partial charge in [-0.3, -0.25) is 0 Å². The number of hydrogen-bond donors (Lipinski definition) is 0. The van der Waals surface area contributed by atoms with Gasteiger partial charge in [0.25, 0.3) is 0 Å². The molecule has 1 heterocycles. The molecule has 24 heavy (non-hydrogen) atoms. The van der Waals surface area contributed by atoms with Gasteiger partial charge in [-0.15, -0.1) is 0 Å². The molecule has 0 aliphatic heterocycles. The highest BCUT2D eigenvalue weighted by atomic mass is 19.1. The zero-order valence-corrected chi connectivity index (χ0v) is 12.7. The number of para-hydroxylation sites is 1. The van der Waals surface area contributed by atoms with Crippen LogP contribution < -0.4 is 4.74 Å². The van der Waals surface area contributed by atoms with Gasteiger partial charge in [0.1, 0.15) is 23.6 Å². The van der Waals surface area contributed by atoms with Crippen molar-refractivity contribution in [1.82, 2.24) is 9.97 Å². The minimum absolute atomic E-state index is 0.288. The fraction of sp³-hybridized carbons (Fsp3) is 0. The van der Waals surface area contributed by atoms with Gasteiger partial charge >= 0.3 is 0 Å². The number of nitrogens with zero attached hydrogens (tertiary/aromatic N) is 2. The standard InChI is InChI=1S/C20H13FN2O/c21-15-8-10-16(11-9-15)24-17-5-3-4-14(12-17)20-18-6-1-2-7-19(18)22-13-23-20/h1-13H. The first-order chi connectivity index (χ1) is 11.8. The van der Waals surface area contributed by atoms with Crippen LogP contribution in [0.4, 0.5) is 4.39 Å². The van der Waals surface area contributed by atoms with Crippen LogP contribution in [0.1, 0.15) is 0 Å². The summed E-state index contributed by atoms with van der Waals surface area (Å²) < 4.78 is 18.8. The van der Waals surface area contributed by atoms with Crippen LogP contribution in [0.2, 0.25) is 0 Å². The molecule has 3 nitrogen and oxygen atoms in total. The van der Waals surface area contributed by atoms with E-state index >= 15 is 0 Å². The third-order valence-electron chi connectivity index (χ3n) is 3.70. The molecule has 0 saturated carbocycles. The summed E-state index contributed by atoms with van der Waals surface area (Å²) in [5.41, 5.74) is 2.69. The van der Waals surface area contributed by atoms with Crippen molar-refractivity contribution in [3.8, 4) is 22.8 Å². The Balaban J connectivity index is 1.73. The molecule has 0 amide bonds. The highest BCUT2D eigenvalue weighted by Crippen LogP contribution is 2.29. The van der Waals surface area contributed by atoms with Crippen molar-refractivity contribution in [2.24, 2.45) is 0 Å². The molecule has 116 valence electrons. The van der Waals surface area contributed by atoms with Gasteiger partial charge in [0.15, 0.2) is 0 Å². The minimum atomic E-state index is -0.288. The van der Waals surface area contributed by atoms with Crippen molar-refractivity contribution in [1.29, 1.82) is 0 Å². The number of fused-ring (bicyclic) bond motifs is 1. The van der Waals surface area contributed by atoms with E-state index < -0.39 is 0 Å². The second-order valence-electron chi connectivity index (χ2n) is 5.32. The highest BCUT2D eigenvalue weighted by molar-refractivity contribution is 5.92. The van der Waals surface area contributed by atoms with Crippen LogP contribution in [-0.2, 0) is 0 Å². The lowest BCUT2D eigenvalue weighted by Crippen LogP contribution is -1.90. The van der Waals surface area contributed by atoms with Crippen molar-refractivity contribution >= 4 is 10.9 Å². The van der Waals surface area contributed by atoms with Gasteiger partial charge in [-0.2, -0.15) is 0 Å². The lowest BCUT2D eigenvalue weighted by Gasteiger charge is -2.09. The lowest BCUT2D eigenvalue weighted by molar-refractivity contribution is 0.481. The van der Waals surface area contributed by atoms with E-state index in [9.17, 15) is 4.39 Å². The predicted octanol–water partition coefficient (Wildman–Crippen LogP) is 5.23. The molecular weight excluding hydrogens is 303 g/mol. The smallest absolute Gasteiger partial charge is 0.128 e. The number of benzene rings is 3. The molecule has 0 aliphatic rings. The molecule has 0 unspecified atom stereocenters. The number of aromatic nitrogens is 2. The van der Waals surface area contributed by atoms with Crippen LogP contribution in [-0.4, -0.2) is 9.97 Å². The molecule has 1 aromatic heterocycles. The molecule has 0 bridgehead atoms. The Labute approximate surface area is 138 Å². The summed E-state index contributed by atoms with van der Waals surface area (Å²) in [7, 11) is 0. The Kier molecular flexibility index (Phi) is 3.63. The molecule has 0 N–H and O–H groups in total. The van der Waals surface area contributed by atoms with Gasteiger partial charge in [-0.1, -0.05) is 30.3 Å². The van der Waals surface area contributed by atoms with Crippen LogP contribution >= 0.6 is 0 Å². The molecule has 0 aliphatic carbocycles. The summed E-state index contributed by atoms with van der Waals surface area (Å²) >= 11 is 0. The maximum Gasteiger partial charge on any atom is 0.128 e. The van der Waals surface area contributed by atoms with Gasteiger partial charge in [0.05, 0.1) is 11.2 Å². The third kappa shape index (κ3) is 2.82. The summed E-state index contributed by atoms with van der Waals surface area (Å²) in [6, 6.07) is 21.5. The van der Waals surface area contributed by atoms with Crippen molar-refractivity contribution in [3.63, 3.8) is 0 Å². The number of ether oxygens (including phenoxy) is 1. The molecule has 0 atom stereocenters. The van der Waals surface area contributed by atoms with Crippen LogP contribution in [0.5, 0.6) is 11.5 Å². The quantitative estimate of drug-likeness (QED) is 0.519. The van der Waals surface area contributed by atoms with E-state index in [-0.39, 0.29) is 5.82 Å². The topological polar surface area (TPSA) is 35.0 Å². The largest absolute Gasteiger partial charge is 0.457 e. The van der Waals surface area contributed by atoms with Gasteiger partial charge < -0.3 is 4.74 Å². The van der Waals surface area contributed by atoms with Gasteiger partial charge in [-0.25, -0.2) is 14.4 Å². The van der Waals surface area contributed by atoms with Crippen LogP contribution in [0.3, 0.4) is 0 Å². The highest BCUT2D eigenvalue weighted by Gasteiger charge is 2.07. The van der Waals surface area contributed by atoms with E-state index in [0.29, 0.717) is 11.5 Å². The Morgan fingerprint density at radius 2 is 1.58 bits per heavy atom. The molecule has 0 radical (unpaired) electrons. The molecule has 3 aromatic carbocycles. The third-order valence-corrected chi connectivity index (χ3v) is 3.70. The van der Waals surface area contributed by atoms with E-state index in [1.165, 1.54) is 12.1 Å². The van der Waals surface area contributed by atoms with E-state index in [1.54, 1.807) is 18.5 Å². The maximum atomic E-state index is 13.0. The first kappa shape index (κ1) is 14.3. The minimum Gasteiger partial charge on any atom is -0.457 e. The Morgan fingerprint density at radius 1 is 0.750 bits per heavy atom. The van der Waals surface area contributed by atoms with E-state index in [2.05, 4.69) is 9.97 Å². The second kappa shape index (κ2) is 6.08. The van der Waals surface area contributed by atoms with Gasteiger partial charge in [-0.05, 0) is 42.5 Å². The average Bonchev–Trinajstić information content (AvgIpc) is 2.63. The zero-order valence-electron chi connectivity index (χ0n) is 12.7. The molecule has 0 fully saturated rings. The number of halogens is 1. The molecule has 4 aromatic rings. The lowest BCUT2D eigenvalue weighted by atomic mass is 10.1. The summed E-state index contributed by atoms with van der Waals surface area (Å²) in [6.45, 7) is 0. The summed E-state index contributed by atoms with van der Waals surface area (Å²) in [5, 5.41) is 0.985. The van der Waals surface area contributed by atoms with E-state index in [1.807, 2.05) is 48.5 Å². The fourth-order valence-electron chi connectivity index (χ4n) is 2.58. The first-order valence-corrected chi connectivity index (χ1v) is 7.53. The van der Waals surface area contributed by atoms with Gasteiger partial charge in [0.2, 0.25) is 0 Å². The monoisotopic (exact) mass is 316 g/mol. The normalized spacial score (nSPS) is 10.7. The van der Waals surface area contributed by atoms with Crippen molar-refractivity contribution < 1.29 is 9.13 Å². The number of rotatable bonds is 3. The summed E-state index contributed by atoms with van der Waals surface area (Å²) in [5.74, 6) is 0.964. The van der Waals surface area contributed by atoms with Crippen molar-refractivity contribution in [3.05, 3.63) is 84.9 Å². The average molecular weight is 316 g/mol. The van der Waals surface area contributed by atoms with Crippen LogP contribution in [0, 0.1) is 5.82 Å². The molecule has 0 spiro atoms. The zero-order chi connectivity index (χ0) is 16.4. The Bertz CT molecular complexity index is 994. The van der Waals surface area contributed by atoms with E-state index in [0.717, 1.165) is 22.2 Å². The summed E-state index contributed by atoms with van der Waals surface area (Å²) in [4.78, 5) is 8.71. The molecule has 0 saturated heterocycles. The fourth-order valence-corrected chi connectivity index (χ4v) is 2.58. The maximum absolute atomic E-state index is 13.0. The summed E-state index contributed by atoms with van der Waals surface area (Å²) in [6.07, 6.45) is 1.56. The van der Waals surface area contributed by atoms with Crippen molar-refractivity contribution in [2.45, 2.75) is 0 Å². The molecular formula is C20H13FN2O. The molecule has 4 rings (SSSR count). The van der Waals surface area contributed by atoms with Gasteiger partial charge in [0, 0.05) is 10.9 Å². The van der Waals surface area contributed by atoms with Crippen molar-refractivity contribution in [2.75, 3.05) is 0 Å². The van der Waals surface area contributed by atoms with Crippen LogP contribution in [0.15, 0.2) is 79.1 Å².